The predicted octanol–water partition coefficient (Wildman–Crippen LogP) is 4.12. The zero-order valence-corrected chi connectivity index (χ0v) is 17.6. The maximum Gasteiger partial charge on any atom is 0.335 e. The van der Waals surface area contributed by atoms with E-state index in [4.69, 9.17) is 14.3 Å². The third kappa shape index (κ3) is 5.34. The molecule has 2 heterocycles. The lowest BCUT2D eigenvalue weighted by atomic mass is 10.1. The van der Waals surface area contributed by atoms with E-state index in [1.807, 2.05) is 6.07 Å². The minimum atomic E-state index is -1.00. The summed E-state index contributed by atoms with van der Waals surface area (Å²) >= 11 is 0. The number of aromatic nitrogens is 2. The number of nitrogens with zero attached hydrogens (tertiary/aromatic N) is 2. The molecule has 0 aliphatic rings. The Morgan fingerprint density at radius 3 is 2.58 bits per heavy atom. The zero-order chi connectivity index (χ0) is 23.2. The standard InChI is InChI=1S/C24H20N4O5/c1-32-20-10-18(22(29)26-13-15-3-2-8-25-12-15)9-19(11-20)28-24-27-14-21(33-24)16-4-6-17(7-5-16)23(30)31/h2-12,14H,13H2,1H3,(H,26,29)(H,27,28)(H,30,31). The predicted molar refractivity (Wildman–Crippen MR) is 121 cm³/mol. The molecule has 9 nitrogen and oxygen atoms in total. The number of carbonyl (C=O) groups is 2. The van der Waals surface area contributed by atoms with Gasteiger partial charge in [-0.3, -0.25) is 9.78 Å². The highest BCUT2D eigenvalue weighted by Crippen LogP contribution is 2.27. The van der Waals surface area contributed by atoms with Gasteiger partial charge < -0.3 is 24.9 Å². The lowest BCUT2D eigenvalue weighted by Gasteiger charge is -2.10. The lowest BCUT2D eigenvalue weighted by Crippen LogP contribution is -2.23. The smallest absolute Gasteiger partial charge is 0.335 e. The number of aromatic carboxylic acids is 1. The highest BCUT2D eigenvalue weighted by Gasteiger charge is 2.12. The molecule has 0 unspecified atom stereocenters. The van der Waals surface area contributed by atoms with Gasteiger partial charge >= 0.3 is 5.97 Å². The van der Waals surface area contributed by atoms with Crippen LogP contribution < -0.4 is 15.4 Å². The average molecular weight is 444 g/mol. The van der Waals surface area contributed by atoms with Crippen molar-refractivity contribution in [2.75, 3.05) is 12.4 Å². The van der Waals surface area contributed by atoms with Gasteiger partial charge in [-0.1, -0.05) is 18.2 Å². The van der Waals surface area contributed by atoms with Crippen LogP contribution in [-0.2, 0) is 6.54 Å². The molecule has 0 radical (unpaired) electrons. The molecular weight excluding hydrogens is 424 g/mol. The Hall–Kier alpha value is -4.66. The van der Waals surface area contributed by atoms with Crippen molar-refractivity contribution in [2.24, 2.45) is 0 Å². The van der Waals surface area contributed by atoms with Crippen LogP contribution in [0.1, 0.15) is 26.3 Å². The van der Waals surface area contributed by atoms with Crippen molar-refractivity contribution in [2.45, 2.75) is 6.54 Å². The van der Waals surface area contributed by atoms with E-state index >= 15 is 0 Å². The number of pyridine rings is 1. The van der Waals surface area contributed by atoms with Gasteiger partial charge in [-0.25, -0.2) is 9.78 Å². The molecule has 4 rings (SSSR count). The summed E-state index contributed by atoms with van der Waals surface area (Å²) in [5.41, 5.74) is 2.70. The van der Waals surface area contributed by atoms with Gasteiger partial charge in [0.2, 0.25) is 0 Å². The number of carbonyl (C=O) groups excluding carboxylic acids is 1. The topological polar surface area (TPSA) is 127 Å². The quantitative estimate of drug-likeness (QED) is 0.370. The van der Waals surface area contributed by atoms with Crippen molar-refractivity contribution in [3.63, 3.8) is 0 Å². The molecule has 0 aliphatic heterocycles. The number of ether oxygens (including phenoxy) is 1. The molecule has 0 spiro atoms. The van der Waals surface area contributed by atoms with E-state index in [1.54, 1.807) is 48.8 Å². The van der Waals surface area contributed by atoms with Crippen molar-refractivity contribution in [3.05, 3.63) is 89.9 Å². The highest BCUT2D eigenvalue weighted by molar-refractivity contribution is 5.95. The van der Waals surface area contributed by atoms with Crippen molar-refractivity contribution in [3.8, 4) is 17.1 Å². The first kappa shape index (κ1) is 21.6. The van der Waals surface area contributed by atoms with Crippen molar-refractivity contribution in [1.29, 1.82) is 0 Å². The fourth-order valence-electron chi connectivity index (χ4n) is 3.07. The SMILES string of the molecule is COc1cc(Nc2ncc(-c3ccc(C(=O)O)cc3)o2)cc(C(=O)NCc2cccnc2)c1. The van der Waals surface area contributed by atoms with Gasteiger partial charge in [0.25, 0.3) is 11.9 Å². The van der Waals surface area contributed by atoms with E-state index in [0.717, 1.165) is 5.56 Å². The van der Waals surface area contributed by atoms with Crippen LogP contribution in [0.5, 0.6) is 5.75 Å². The Balaban J connectivity index is 1.49. The molecule has 166 valence electrons. The van der Waals surface area contributed by atoms with Gasteiger partial charge in [0.1, 0.15) is 5.75 Å². The largest absolute Gasteiger partial charge is 0.497 e. The number of benzene rings is 2. The van der Waals surface area contributed by atoms with E-state index in [0.29, 0.717) is 34.9 Å². The number of hydrogen-bond acceptors (Lipinski definition) is 7. The second-order valence-corrected chi connectivity index (χ2v) is 7.03. The minimum Gasteiger partial charge on any atom is -0.497 e. The number of hydrogen-bond donors (Lipinski definition) is 3. The minimum absolute atomic E-state index is 0.183. The maximum atomic E-state index is 12.7. The molecule has 3 N–H and O–H groups in total. The van der Waals surface area contributed by atoms with Crippen LogP contribution in [0.4, 0.5) is 11.7 Å². The highest BCUT2D eigenvalue weighted by atomic mass is 16.5. The number of carboxylic acid groups (broad SMARTS) is 1. The summed E-state index contributed by atoms with van der Waals surface area (Å²) < 4.78 is 11.1. The average Bonchev–Trinajstić information content (AvgIpc) is 3.31. The van der Waals surface area contributed by atoms with Crippen LogP contribution in [0.25, 0.3) is 11.3 Å². The molecule has 1 amide bonds. The normalized spacial score (nSPS) is 10.5. The van der Waals surface area contributed by atoms with Crippen molar-refractivity contribution >= 4 is 23.6 Å². The Labute approximate surface area is 189 Å². The Bertz CT molecular complexity index is 1270. The lowest BCUT2D eigenvalue weighted by molar-refractivity contribution is 0.0696. The molecule has 2 aromatic carbocycles. The second kappa shape index (κ2) is 9.65. The first-order valence-electron chi connectivity index (χ1n) is 9.94. The van der Waals surface area contributed by atoms with Gasteiger partial charge in [0, 0.05) is 41.8 Å². The Morgan fingerprint density at radius 2 is 1.88 bits per heavy atom. The van der Waals surface area contributed by atoms with E-state index < -0.39 is 5.97 Å². The molecule has 0 bridgehead atoms. The molecule has 0 saturated carbocycles. The molecule has 0 saturated heterocycles. The van der Waals surface area contributed by atoms with Gasteiger partial charge in [-0.05, 0) is 35.9 Å². The Morgan fingerprint density at radius 1 is 1.06 bits per heavy atom. The number of oxazole rings is 1. The second-order valence-electron chi connectivity index (χ2n) is 7.03. The van der Waals surface area contributed by atoms with Crippen LogP contribution in [0, 0.1) is 0 Å². The number of rotatable bonds is 8. The number of amides is 1. The van der Waals surface area contributed by atoms with Gasteiger partial charge in [0.15, 0.2) is 5.76 Å². The molecular formula is C24H20N4O5. The first-order valence-corrected chi connectivity index (χ1v) is 9.94. The molecule has 9 heteroatoms. The van der Waals surface area contributed by atoms with Gasteiger partial charge in [-0.15, -0.1) is 0 Å². The number of anilines is 2. The van der Waals surface area contributed by atoms with E-state index in [9.17, 15) is 9.59 Å². The fraction of sp³-hybridized carbons (Fsp3) is 0.0833. The summed E-state index contributed by atoms with van der Waals surface area (Å²) in [6, 6.07) is 15.2. The molecule has 0 fully saturated rings. The van der Waals surface area contributed by atoms with Gasteiger partial charge in [0.05, 0.1) is 18.9 Å². The Kier molecular flexibility index (Phi) is 6.31. The summed E-state index contributed by atoms with van der Waals surface area (Å²) in [6.45, 7) is 0.344. The molecule has 33 heavy (non-hydrogen) atoms. The van der Waals surface area contributed by atoms with Gasteiger partial charge in [-0.2, -0.15) is 0 Å². The third-order valence-corrected chi connectivity index (χ3v) is 4.75. The van der Waals surface area contributed by atoms with Crippen molar-refractivity contribution in [1.82, 2.24) is 15.3 Å². The van der Waals surface area contributed by atoms with Crippen LogP contribution >= 0.6 is 0 Å². The fourth-order valence-corrected chi connectivity index (χ4v) is 3.07. The molecule has 4 aromatic rings. The van der Waals surface area contributed by atoms with E-state index in [2.05, 4.69) is 20.6 Å². The third-order valence-electron chi connectivity index (χ3n) is 4.75. The number of nitrogens with one attached hydrogen (secondary N) is 2. The molecule has 0 atom stereocenters. The maximum absolute atomic E-state index is 12.7. The number of carboxylic acids is 1. The van der Waals surface area contributed by atoms with Crippen molar-refractivity contribution < 1.29 is 23.8 Å². The molecule has 2 aromatic heterocycles. The monoisotopic (exact) mass is 444 g/mol. The number of methoxy groups -OCH3 is 1. The van der Waals surface area contributed by atoms with Crippen LogP contribution in [0.15, 0.2) is 77.6 Å². The van der Waals surface area contributed by atoms with E-state index in [-0.39, 0.29) is 17.5 Å². The summed E-state index contributed by atoms with van der Waals surface area (Å²) in [5.74, 6) is -0.318. The summed E-state index contributed by atoms with van der Waals surface area (Å²) in [6.07, 6.45) is 4.89. The summed E-state index contributed by atoms with van der Waals surface area (Å²) in [4.78, 5) is 31.9. The van der Waals surface area contributed by atoms with E-state index in [1.165, 1.54) is 25.4 Å². The molecule has 0 aliphatic carbocycles. The zero-order valence-electron chi connectivity index (χ0n) is 17.6. The van der Waals surface area contributed by atoms with Crippen LogP contribution in [0.2, 0.25) is 0 Å². The summed E-state index contributed by atoms with van der Waals surface area (Å²) in [5, 5.41) is 14.9. The van der Waals surface area contributed by atoms with Crippen LogP contribution in [-0.4, -0.2) is 34.1 Å². The first-order chi connectivity index (χ1) is 16.0. The summed E-state index contributed by atoms with van der Waals surface area (Å²) in [7, 11) is 1.51. The van der Waals surface area contributed by atoms with Crippen LogP contribution in [0.3, 0.4) is 0 Å².